The van der Waals surface area contributed by atoms with Crippen molar-refractivity contribution < 1.29 is 0 Å². The van der Waals surface area contributed by atoms with Gasteiger partial charge < -0.3 is 5.73 Å². The first-order valence-electron chi connectivity index (χ1n) is 4.66. The zero-order chi connectivity index (χ0) is 11.0. The van der Waals surface area contributed by atoms with Gasteiger partial charge in [0.05, 0.1) is 11.9 Å². The smallest absolute Gasteiger partial charge is 0.146 e. The Hall–Kier alpha value is -1.48. The minimum absolute atomic E-state index is 0.476. The summed E-state index contributed by atoms with van der Waals surface area (Å²) in [6.07, 6.45) is 1.55. The van der Waals surface area contributed by atoms with Crippen molar-refractivity contribution >= 4 is 17.4 Å². The van der Waals surface area contributed by atoms with Crippen LogP contribution in [-0.4, -0.2) is 9.78 Å². The van der Waals surface area contributed by atoms with Crippen LogP contribution in [0.1, 0.15) is 11.1 Å². The summed E-state index contributed by atoms with van der Waals surface area (Å²) < 4.78 is 1.65. The highest BCUT2D eigenvalue weighted by Crippen LogP contribution is 2.23. The zero-order valence-electron chi connectivity index (χ0n) is 8.66. The van der Waals surface area contributed by atoms with Crippen LogP contribution in [0.3, 0.4) is 0 Å². The molecule has 78 valence electrons. The van der Waals surface area contributed by atoms with Crippen molar-refractivity contribution in [1.29, 1.82) is 0 Å². The van der Waals surface area contributed by atoms with Gasteiger partial charge >= 0.3 is 0 Å². The van der Waals surface area contributed by atoms with E-state index in [4.69, 9.17) is 17.3 Å². The SMILES string of the molecule is Cc1ccc(-n2ncc(Cl)c2N)c(C)c1. The van der Waals surface area contributed by atoms with E-state index in [1.165, 1.54) is 5.56 Å². The van der Waals surface area contributed by atoms with Crippen molar-refractivity contribution in [3.05, 3.63) is 40.5 Å². The number of rotatable bonds is 1. The van der Waals surface area contributed by atoms with Crippen LogP contribution < -0.4 is 5.73 Å². The third kappa shape index (κ3) is 1.70. The molecule has 0 spiro atoms. The van der Waals surface area contributed by atoms with Crippen LogP contribution in [0.2, 0.25) is 5.02 Å². The van der Waals surface area contributed by atoms with E-state index in [1.54, 1.807) is 10.9 Å². The Balaban J connectivity index is 2.59. The molecule has 2 N–H and O–H groups in total. The first-order chi connectivity index (χ1) is 7.09. The highest BCUT2D eigenvalue weighted by Gasteiger charge is 2.08. The number of nitrogens with zero attached hydrogens (tertiary/aromatic N) is 2. The molecule has 0 saturated carbocycles. The van der Waals surface area contributed by atoms with Gasteiger partial charge in [-0.1, -0.05) is 29.3 Å². The number of aromatic nitrogens is 2. The van der Waals surface area contributed by atoms with Gasteiger partial charge in [0.1, 0.15) is 10.8 Å². The maximum Gasteiger partial charge on any atom is 0.146 e. The van der Waals surface area contributed by atoms with Crippen LogP contribution in [0.25, 0.3) is 5.69 Å². The molecule has 2 aromatic rings. The maximum atomic E-state index is 5.85. The number of aryl methyl sites for hydroxylation is 2. The Kier molecular flexibility index (Phi) is 2.40. The average molecular weight is 222 g/mol. The van der Waals surface area contributed by atoms with Crippen molar-refractivity contribution in [2.45, 2.75) is 13.8 Å². The molecule has 0 amide bonds. The molecular weight excluding hydrogens is 210 g/mol. The number of anilines is 1. The predicted octanol–water partition coefficient (Wildman–Crippen LogP) is 2.72. The molecule has 0 atom stereocenters. The Morgan fingerprint density at radius 1 is 1.33 bits per heavy atom. The lowest BCUT2D eigenvalue weighted by Gasteiger charge is -2.08. The van der Waals surface area contributed by atoms with Crippen LogP contribution in [0.15, 0.2) is 24.4 Å². The van der Waals surface area contributed by atoms with Crippen LogP contribution >= 0.6 is 11.6 Å². The molecule has 0 radical (unpaired) electrons. The molecule has 1 aromatic carbocycles. The topological polar surface area (TPSA) is 43.8 Å². The molecule has 0 aliphatic carbocycles. The highest BCUT2D eigenvalue weighted by atomic mass is 35.5. The van der Waals surface area contributed by atoms with E-state index < -0.39 is 0 Å². The molecule has 0 aliphatic rings. The summed E-state index contributed by atoms with van der Waals surface area (Å²) in [6, 6.07) is 6.10. The highest BCUT2D eigenvalue weighted by molar-refractivity contribution is 6.32. The van der Waals surface area contributed by atoms with E-state index in [0.717, 1.165) is 11.3 Å². The largest absolute Gasteiger partial charge is 0.382 e. The first kappa shape index (κ1) is 10.1. The van der Waals surface area contributed by atoms with Crippen molar-refractivity contribution in [3.8, 4) is 5.69 Å². The Morgan fingerprint density at radius 2 is 2.07 bits per heavy atom. The minimum atomic E-state index is 0.476. The van der Waals surface area contributed by atoms with Gasteiger partial charge in [-0.3, -0.25) is 0 Å². The molecule has 0 saturated heterocycles. The molecule has 1 aromatic heterocycles. The van der Waals surface area contributed by atoms with Gasteiger partial charge in [-0.2, -0.15) is 5.10 Å². The van der Waals surface area contributed by atoms with Crippen LogP contribution in [0, 0.1) is 13.8 Å². The van der Waals surface area contributed by atoms with E-state index in [1.807, 2.05) is 19.1 Å². The second-order valence-electron chi connectivity index (χ2n) is 3.58. The van der Waals surface area contributed by atoms with Gasteiger partial charge in [-0.15, -0.1) is 0 Å². The molecule has 0 aliphatic heterocycles. The zero-order valence-corrected chi connectivity index (χ0v) is 9.42. The lowest BCUT2D eigenvalue weighted by atomic mass is 10.1. The van der Waals surface area contributed by atoms with Crippen molar-refractivity contribution in [2.75, 3.05) is 5.73 Å². The Bertz CT molecular complexity index is 503. The number of hydrogen-bond acceptors (Lipinski definition) is 2. The second kappa shape index (κ2) is 3.59. The van der Waals surface area contributed by atoms with Gasteiger partial charge in [0.2, 0.25) is 0 Å². The van der Waals surface area contributed by atoms with E-state index >= 15 is 0 Å². The fraction of sp³-hybridized carbons (Fsp3) is 0.182. The van der Waals surface area contributed by atoms with Crippen LogP contribution in [0.4, 0.5) is 5.82 Å². The monoisotopic (exact) mass is 221 g/mol. The van der Waals surface area contributed by atoms with E-state index in [2.05, 4.69) is 18.1 Å². The molecule has 0 fully saturated rings. The number of halogens is 1. The predicted molar refractivity (Wildman–Crippen MR) is 62.5 cm³/mol. The molecule has 0 unspecified atom stereocenters. The van der Waals surface area contributed by atoms with Crippen LogP contribution in [-0.2, 0) is 0 Å². The summed E-state index contributed by atoms with van der Waals surface area (Å²) in [4.78, 5) is 0. The van der Waals surface area contributed by atoms with Crippen molar-refractivity contribution in [3.63, 3.8) is 0 Å². The Morgan fingerprint density at radius 3 is 2.60 bits per heavy atom. The molecule has 2 rings (SSSR count). The summed E-state index contributed by atoms with van der Waals surface area (Å²) in [7, 11) is 0. The second-order valence-corrected chi connectivity index (χ2v) is 3.99. The quantitative estimate of drug-likeness (QED) is 0.805. The summed E-state index contributed by atoms with van der Waals surface area (Å²) in [5.41, 5.74) is 9.12. The van der Waals surface area contributed by atoms with Gasteiger partial charge in [-0.05, 0) is 25.5 Å². The molecule has 4 heteroatoms. The Labute approximate surface area is 93.5 Å². The number of hydrogen-bond donors (Lipinski definition) is 1. The average Bonchev–Trinajstić information content (AvgIpc) is 2.49. The normalized spacial score (nSPS) is 10.6. The van der Waals surface area contributed by atoms with Crippen LogP contribution in [0.5, 0.6) is 0 Å². The molecular formula is C11H12ClN3. The standard InChI is InChI=1S/C11H12ClN3/c1-7-3-4-10(8(2)5-7)15-11(13)9(12)6-14-15/h3-6H,13H2,1-2H3. The lowest BCUT2D eigenvalue weighted by molar-refractivity contribution is 0.882. The van der Waals surface area contributed by atoms with Crippen molar-refractivity contribution in [1.82, 2.24) is 9.78 Å². The molecule has 1 heterocycles. The lowest BCUT2D eigenvalue weighted by Crippen LogP contribution is -2.03. The first-order valence-corrected chi connectivity index (χ1v) is 5.04. The maximum absolute atomic E-state index is 5.85. The molecule has 0 bridgehead atoms. The third-order valence-corrected chi connectivity index (χ3v) is 2.63. The van der Waals surface area contributed by atoms with E-state index in [9.17, 15) is 0 Å². The number of nitrogen functional groups attached to an aromatic ring is 1. The molecule has 15 heavy (non-hydrogen) atoms. The number of nitrogens with two attached hydrogens (primary N) is 1. The summed E-state index contributed by atoms with van der Waals surface area (Å²) >= 11 is 5.85. The van der Waals surface area contributed by atoms with Gasteiger partial charge in [0, 0.05) is 0 Å². The van der Waals surface area contributed by atoms with E-state index in [-0.39, 0.29) is 0 Å². The van der Waals surface area contributed by atoms with Gasteiger partial charge in [-0.25, -0.2) is 4.68 Å². The van der Waals surface area contributed by atoms with E-state index in [0.29, 0.717) is 10.8 Å². The fourth-order valence-corrected chi connectivity index (χ4v) is 1.70. The van der Waals surface area contributed by atoms with Gasteiger partial charge in [0.25, 0.3) is 0 Å². The molecule has 3 nitrogen and oxygen atoms in total. The van der Waals surface area contributed by atoms with Gasteiger partial charge in [0.15, 0.2) is 0 Å². The minimum Gasteiger partial charge on any atom is -0.382 e. The summed E-state index contributed by atoms with van der Waals surface area (Å²) in [5, 5.41) is 4.62. The number of benzene rings is 1. The fourth-order valence-electron chi connectivity index (χ4n) is 1.57. The summed E-state index contributed by atoms with van der Waals surface area (Å²) in [5.74, 6) is 0.476. The van der Waals surface area contributed by atoms with Crippen molar-refractivity contribution in [2.24, 2.45) is 0 Å². The third-order valence-electron chi connectivity index (χ3n) is 2.34. The summed E-state index contributed by atoms with van der Waals surface area (Å²) in [6.45, 7) is 4.08.